The van der Waals surface area contributed by atoms with Crippen molar-refractivity contribution in [3.8, 4) is 11.1 Å². The Balaban J connectivity index is 1.47. The molecule has 4 rings (SSSR count). The van der Waals surface area contributed by atoms with E-state index in [9.17, 15) is 14.7 Å². The number of hydrogen-bond acceptors (Lipinski definition) is 3. The summed E-state index contributed by atoms with van der Waals surface area (Å²) in [6.45, 7) is 0.291. The Bertz CT molecular complexity index is 1060. The van der Waals surface area contributed by atoms with E-state index in [2.05, 4.69) is 0 Å². The lowest BCUT2D eigenvalue weighted by Crippen LogP contribution is -2.41. The van der Waals surface area contributed by atoms with Crippen LogP contribution in [0.15, 0.2) is 91.0 Å². The zero-order valence-electron chi connectivity index (χ0n) is 16.3. The van der Waals surface area contributed by atoms with Crippen LogP contribution in [0.1, 0.15) is 11.1 Å². The van der Waals surface area contributed by atoms with Crippen molar-refractivity contribution in [3.63, 3.8) is 0 Å². The molecular formula is C25H21NO4. The summed E-state index contributed by atoms with van der Waals surface area (Å²) in [6, 6.07) is 26.2. The first-order chi connectivity index (χ1) is 14.6. The Hall–Kier alpha value is -3.86. The van der Waals surface area contributed by atoms with Crippen LogP contribution in [0, 0.1) is 0 Å². The Labute approximate surface area is 174 Å². The number of nitrogens with zero attached hydrogens (tertiary/aromatic N) is 1. The molecule has 3 aromatic rings. The van der Waals surface area contributed by atoms with Crippen LogP contribution < -0.4 is 0 Å². The number of carbonyl (C=O) groups is 2. The van der Waals surface area contributed by atoms with E-state index in [0.717, 1.165) is 27.8 Å². The second-order valence-corrected chi connectivity index (χ2v) is 7.09. The maximum absolute atomic E-state index is 12.6. The van der Waals surface area contributed by atoms with Crippen LogP contribution in [0.3, 0.4) is 0 Å². The molecule has 0 saturated carbocycles. The summed E-state index contributed by atoms with van der Waals surface area (Å²) in [4.78, 5) is 25.5. The van der Waals surface area contributed by atoms with Crippen molar-refractivity contribution in [3.05, 3.63) is 102 Å². The Kier molecular flexibility index (Phi) is 5.61. The summed E-state index contributed by atoms with van der Waals surface area (Å²) >= 11 is 0. The molecule has 0 spiro atoms. The van der Waals surface area contributed by atoms with E-state index in [4.69, 9.17) is 4.74 Å². The van der Waals surface area contributed by atoms with Crippen LogP contribution in [0.5, 0.6) is 0 Å². The second kappa shape index (κ2) is 8.66. The van der Waals surface area contributed by atoms with Crippen LogP contribution in [0.4, 0.5) is 4.79 Å². The number of carboxylic acids is 1. The molecule has 30 heavy (non-hydrogen) atoms. The highest BCUT2D eigenvalue weighted by Gasteiger charge is 2.35. The number of hydrogen-bond donors (Lipinski definition) is 1. The standard InChI is InChI=1S/C25H21NO4/c27-24(28)23-15-22(16-26(23)25(29)30-17-18-7-3-1-4-8-18)21-13-11-20(12-14-21)19-9-5-2-6-10-19/h1-15,23H,16-17H2,(H,27,28)/t23-/m0/s1. The third-order valence-corrected chi connectivity index (χ3v) is 5.09. The molecule has 1 atom stereocenters. The molecule has 0 radical (unpaired) electrons. The number of benzene rings is 3. The van der Waals surface area contributed by atoms with Crippen LogP contribution in [-0.4, -0.2) is 34.7 Å². The smallest absolute Gasteiger partial charge is 0.411 e. The van der Waals surface area contributed by atoms with Crippen molar-refractivity contribution < 1.29 is 19.4 Å². The van der Waals surface area contributed by atoms with Gasteiger partial charge in [-0.25, -0.2) is 9.59 Å². The summed E-state index contributed by atoms with van der Waals surface area (Å²) in [6.07, 6.45) is 0.974. The molecule has 0 aromatic heterocycles. The van der Waals surface area contributed by atoms with E-state index >= 15 is 0 Å². The van der Waals surface area contributed by atoms with Gasteiger partial charge in [0.2, 0.25) is 0 Å². The summed E-state index contributed by atoms with van der Waals surface area (Å²) < 4.78 is 5.34. The molecule has 5 nitrogen and oxygen atoms in total. The van der Waals surface area contributed by atoms with E-state index in [1.165, 1.54) is 4.90 Å². The lowest BCUT2D eigenvalue weighted by Gasteiger charge is -2.21. The van der Waals surface area contributed by atoms with Gasteiger partial charge in [-0.1, -0.05) is 84.9 Å². The molecule has 1 aliphatic heterocycles. The maximum atomic E-state index is 12.6. The van der Waals surface area contributed by atoms with E-state index in [1.807, 2.05) is 84.9 Å². The molecule has 0 unspecified atom stereocenters. The van der Waals surface area contributed by atoms with Gasteiger partial charge in [0.25, 0.3) is 0 Å². The number of carbonyl (C=O) groups excluding carboxylic acids is 1. The number of rotatable bonds is 5. The molecule has 1 amide bonds. The summed E-state index contributed by atoms with van der Waals surface area (Å²) in [5, 5.41) is 9.58. The Morgan fingerprint density at radius 2 is 1.40 bits per heavy atom. The van der Waals surface area contributed by atoms with Gasteiger partial charge in [0.1, 0.15) is 6.61 Å². The van der Waals surface area contributed by atoms with Crippen LogP contribution >= 0.6 is 0 Å². The topological polar surface area (TPSA) is 66.8 Å². The fraction of sp³-hybridized carbons (Fsp3) is 0.120. The Morgan fingerprint density at radius 1 is 0.833 bits per heavy atom. The van der Waals surface area contributed by atoms with Gasteiger partial charge >= 0.3 is 12.1 Å². The quantitative estimate of drug-likeness (QED) is 0.666. The van der Waals surface area contributed by atoms with E-state index in [1.54, 1.807) is 6.08 Å². The summed E-state index contributed by atoms with van der Waals surface area (Å²) in [7, 11) is 0. The van der Waals surface area contributed by atoms with Crippen molar-refractivity contribution >= 4 is 17.6 Å². The third-order valence-electron chi connectivity index (χ3n) is 5.09. The first kappa shape index (κ1) is 19.5. The van der Waals surface area contributed by atoms with Gasteiger partial charge in [-0.05, 0) is 33.9 Å². The molecule has 5 heteroatoms. The molecule has 0 saturated heterocycles. The van der Waals surface area contributed by atoms with Gasteiger partial charge in [-0.15, -0.1) is 0 Å². The van der Waals surface area contributed by atoms with Crippen molar-refractivity contribution in [2.75, 3.05) is 6.54 Å². The number of amides is 1. The first-order valence-electron chi connectivity index (χ1n) is 9.68. The van der Waals surface area contributed by atoms with E-state index in [0.29, 0.717) is 0 Å². The zero-order valence-corrected chi connectivity index (χ0v) is 16.3. The molecule has 1 aliphatic rings. The van der Waals surface area contributed by atoms with Crippen LogP contribution in [-0.2, 0) is 16.1 Å². The fourth-order valence-corrected chi connectivity index (χ4v) is 3.49. The average molecular weight is 399 g/mol. The highest BCUT2D eigenvalue weighted by molar-refractivity contribution is 5.89. The minimum absolute atomic E-state index is 0.101. The average Bonchev–Trinajstić information content (AvgIpc) is 3.25. The normalized spacial score (nSPS) is 15.5. The molecular weight excluding hydrogens is 378 g/mol. The van der Waals surface area contributed by atoms with Gasteiger partial charge in [-0.2, -0.15) is 0 Å². The predicted molar refractivity (Wildman–Crippen MR) is 115 cm³/mol. The number of ether oxygens (including phenoxy) is 1. The Morgan fingerprint density at radius 3 is 2.03 bits per heavy atom. The van der Waals surface area contributed by atoms with Crippen LogP contribution in [0.25, 0.3) is 16.7 Å². The summed E-state index contributed by atoms with van der Waals surface area (Å²) in [5.74, 6) is -1.08. The van der Waals surface area contributed by atoms with Crippen molar-refractivity contribution in [2.24, 2.45) is 0 Å². The second-order valence-electron chi connectivity index (χ2n) is 7.09. The van der Waals surface area contributed by atoms with Crippen molar-refractivity contribution in [1.29, 1.82) is 0 Å². The molecule has 0 aliphatic carbocycles. The van der Waals surface area contributed by atoms with E-state index < -0.39 is 18.1 Å². The minimum Gasteiger partial charge on any atom is -0.479 e. The minimum atomic E-state index is -1.08. The van der Waals surface area contributed by atoms with E-state index in [-0.39, 0.29) is 13.2 Å². The third kappa shape index (κ3) is 4.25. The van der Waals surface area contributed by atoms with Crippen molar-refractivity contribution in [2.45, 2.75) is 12.6 Å². The van der Waals surface area contributed by atoms with Crippen LogP contribution in [0.2, 0.25) is 0 Å². The SMILES string of the molecule is O=C(O)[C@@H]1C=C(c2ccc(-c3ccccc3)cc2)CN1C(=O)OCc1ccccc1. The van der Waals surface area contributed by atoms with Crippen molar-refractivity contribution in [1.82, 2.24) is 4.90 Å². The van der Waals surface area contributed by atoms with Gasteiger partial charge in [0, 0.05) is 0 Å². The molecule has 0 bridgehead atoms. The molecule has 1 N–H and O–H groups in total. The highest BCUT2D eigenvalue weighted by atomic mass is 16.6. The number of carboxylic acid groups (broad SMARTS) is 1. The van der Waals surface area contributed by atoms with Gasteiger partial charge < -0.3 is 9.84 Å². The highest BCUT2D eigenvalue weighted by Crippen LogP contribution is 2.28. The lowest BCUT2D eigenvalue weighted by molar-refractivity contribution is -0.140. The largest absolute Gasteiger partial charge is 0.479 e. The molecule has 150 valence electrons. The zero-order chi connectivity index (χ0) is 20.9. The molecule has 3 aromatic carbocycles. The first-order valence-corrected chi connectivity index (χ1v) is 9.68. The maximum Gasteiger partial charge on any atom is 0.411 e. The van der Waals surface area contributed by atoms with Gasteiger partial charge in [0.05, 0.1) is 6.54 Å². The molecule has 1 heterocycles. The predicted octanol–water partition coefficient (Wildman–Crippen LogP) is 4.84. The number of aliphatic carboxylic acids is 1. The van der Waals surface area contributed by atoms with Gasteiger partial charge in [-0.3, -0.25) is 4.90 Å². The summed E-state index contributed by atoms with van der Waals surface area (Å²) in [5.41, 5.74) is 4.71. The molecule has 0 fully saturated rings. The fourth-order valence-electron chi connectivity index (χ4n) is 3.49. The lowest BCUT2D eigenvalue weighted by atomic mass is 10.0. The van der Waals surface area contributed by atoms with Gasteiger partial charge in [0.15, 0.2) is 6.04 Å². The monoisotopic (exact) mass is 399 g/mol.